The Morgan fingerprint density at radius 1 is 1.00 bits per heavy atom. The van der Waals surface area contributed by atoms with E-state index in [2.05, 4.69) is 4.99 Å². The summed E-state index contributed by atoms with van der Waals surface area (Å²) < 4.78 is 21.8. The highest BCUT2D eigenvalue weighted by Gasteiger charge is 2.25. The first-order valence-corrected chi connectivity index (χ1v) is 8.71. The highest BCUT2D eigenvalue weighted by molar-refractivity contribution is 6.13. The van der Waals surface area contributed by atoms with Crippen LogP contribution in [0.4, 0.5) is 0 Å². The fourth-order valence-electron chi connectivity index (χ4n) is 2.65. The Kier molecular flexibility index (Phi) is 5.76. The van der Waals surface area contributed by atoms with Gasteiger partial charge >= 0.3 is 5.97 Å². The van der Waals surface area contributed by atoms with Crippen molar-refractivity contribution in [2.75, 3.05) is 20.3 Å². The molecule has 140 valence electrons. The van der Waals surface area contributed by atoms with Gasteiger partial charge in [-0.1, -0.05) is 18.2 Å². The zero-order chi connectivity index (χ0) is 19.2. The number of carbonyl (C=O) groups is 1. The lowest BCUT2D eigenvalue weighted by atomic mass is 10.1. The van der Waals surface area contributed by atoms with E-state index in [1.54, 1.807) is 31.4 Å². The normalized spacial score (nSPS) is 14.7. The van der Waals surface area contributed by atoms with E-state index in [0.717, 1.165) is 5.56 Å². The molecule has 1 heterocycles. The molecule has 1 aliphatic rings. The molecular formula is C21H21NO5. The van der Waals surface area contributed by atoms with Crippen LogP contribution < -0.4 is 14.2 Å². The van der Waals surface area contributed by atoms with Gasteiger partial charge in [0.15, 0.2) is 17.2 Å². The summed E-state index contributed by atoms with van der Waals surface area (Å²) in [7, 11) is 1.58. The van der Waals surface area contributed by atoms with Gasteiger partial charge < -0.3 is 18.9 Å². The number of esters is 1. The predicted octanol–water partition coefficient (Wildman–Crippen LogP) is 3.84. The van der Waals surface area contributed by atoms with Crippen molar-refractivity contribution in [2.24, 2.45) is 4.99 Å². The van der Waals surface area contributed by atoms with Gasteiger partial charge in [-0.25, -0.2) is 9.79 Å². The zero-order valence-corrected chi connectivity index (χ0v) is 15.5. The zero-order valence-electron chi connectivity index (χ0n) is 15.5. The van der Waals surface area contributed by atoms with Crippen molar-refractivity contribution >= 4 is 17.9 Å². The van der Waals surface area contributed by atoms with Crippen LogP contribution in [0.15, 0.2) is 53.2 Å². The second-order valence-corrected chi connectivity index (χ2v) is 5.61. The van der Waals surface area contributed by atoms with Crippen molar-refractivity contribution in [3.05, 3.63) is 59.3 Å². The lowest BCUT2D eigenvalue weighted by molar-refractivity contribution is -0.129. The minimum absolute atomic E-state index is 0.210. The quantitative estimate of drug-likeness (QED) is 0.549. The van der Waals surface area contributed by atoms with Gasteiger partial charge in [0.05, 0.1) is 20.3 Å². The fourth-order valence-corrected chi connectivity index (χ4v) is 2.65. The van der Waals surface area contributed by atoms with E-state index in [1.165, 1.54) is 0 Å². The molecule has 2 aromatic carbocycles. The highest BCUT2D eigenvalue weighted by Crippen LogP contribution is 2.31. The number of methoxy groups -OCH3 is 1. The van der Waals surface area contributed by atoms with Gasteiger partial charge in [-0.3, -0.25) is 0 Å². The molecule has 27 heavy (non-hydrogen) atoms. The first-order valence-electron chi connectivity index (χ1n) is 8.71. The van der Waals surface area contributed by atoms with Gasteiger partial charge in [0.25, 0.3) is 0 Å². The number of carbonyl (C=O) groups excluding carboxylic acids is 1. The maximum Gasteiger partial charge on any atom is 0.363 e. The highest BCUT2D eigenvalue weighted by atomic mass is 16.6. The number of aliphatic imine (C=N–C) groups is 1. The summed E-state index contributed by atoms with van der Waals surface area (Å²) in [5, 5.41) is 0. The smallest absolute Gasteiger partial charge is 0.363 e. The van der Waals surface area contributed by atoms with E-state index in [0.29, 0.717) is 36.0 Å². The topological polar surface area (TPSA) is 66.4 Å². The third-order valence-corrected chi connectivity index (χ3v) is 3.84. The van der Waals surface area contributed by atoms with Gasteiger partial charge in [-0.05, 0) is 44.2 Å². The van der Waals surface area contributed by atoms with E-state index in [4.69, 9.17) is 18.9 Å². The molecule has 3 rings (SSSR count). The van der Waals surface area contributed by atoms with Gasteiger partial charge in [0, 0.05) is 11.1 Å². The third kappa shape index (κ3) is 4.11. The molecule has 2 aromatic rings. The summed E-state index contributed by atoms with van der Waals surface area (Å²) in [4.78, 5) is 16.6. The number of ether oxygens (including phenoxy) is 4. The molecule has 1 aliphatic heterocycles. The summed E-state index contributed by atoms with van der Waals surface area (Å²) in [5.41, 5.74) is 1.60. The van der Waals surface area contributed by atoms with E-state index in [9.17, 15) is 4.79 Å². The molecule has 0 aromatic heterocycles. The molecule has 0 aliphatic carbocycles. The molecule has 0 saturated heterocycles. The number of nitrogens with zero attached hydrogens (tertiary/aromatic N) is 1. The Morgan fingerprint density at radius 3 is 2.48 bits per heavy atom. The summed E-state index contributed by atoms with van der Waals surface area (Å²) in [6.45, 7) is 4.82. The molecule has 0 unspecified atom stereocenters. The van der Waals surface area contributed by atoms with Gasteiger partial charge in [-0.2, -0.15) is 0 Å². The van der Waals surface area contributed by atoms with Crippen molar-refractivity contribution < 1.29 is 23.7 Å². The SMILES string of the molecule is CCOc1ccc(C2=N/C(=C\c3ccccc3OC)C(=O)O2)cc1OCC. The van der Waals surface area contributed by atoms with E-state index in [1.807, 2.05) is 38.1 Å². The second kappa shape index (κ2) is 8.40. The van der Waals surface area contributed by atoms with E-state index in [-0.39, 0.29) is 11.6 Å². The molecule has 0 bridgehead atoms. The fraction of sp³-hybridized carbons (Fsp3) is 0.238. The molecule has 0 amide bonds. The average Bonchev–Trinajstić information content (AvgIpc) is 3.04. The Labute approximate surface area is 158 Å². The van der Waals surface area contributed by atoms with Crippen LogP contribution in [0.5, 0.6) is 17.2 Å². The number of cyclic esters (lactones) is 1. The average molecular weight is 367 g/mol. The maximum absolute atomic E-state index is 12.2. The minimum atomic E-state index is -0.511. The van der Waals surface area contributed by atoms with Crippen molar-refractivity contribution in [1.29, 1.82) is 0 Å². The minimum Gasteiger partial charge on any atom is -0.496 e. The lowest BCUT2D eigenvalue weighted by Gasteiger charge is -2.11. The molecule has 0 saturated carbocycles. The van der Waals surface area contributed by atoms with Crippen LogP contribution in [0.2, 0.25) is 0 Å². The second-order valence-electron chi connectivity index (χ2n) is 5.61. The van der Waals surface area contributed by atoms with Crippen LogP contribution in [0.3, 0.4) is 0 Å². The Hall–Kier alpha value is -3.28. The van der Waals surface area contributed by atoms with Crippen LogP contribution in [0.25, 0.3) is 6.08 Å². The number of rotatable bonds is 7. The monoisotopic (exact) mass is 367 g/mol. The number of hydrogen-bond donors (Lipinski definition) is 0. The van der Waals surface area contributed by atoms with Crippen LogP contribution >= 0.6 is 0 Å². The molecule has 0 N–H and O–H groups in total. The number of para-hydroxylation sites is 1. The van der Waals surface area contributed by atoms with Crippen LogP contribution in [0.1, 0.15) is 25.0 Å². The standard InChI is InChI=1S/C21H21NO5/c1-4-25-18-11-10-15(13-19(18)26-5-2)20-22-16(21(23)27-20)12-14-8-6-7-9-17(14)24-3/h6-13H,4-5H2,1-3H3/b16-12-. The summed E-state index contributed by atoms with van der Waals surface area (Å²) in [6, 6.07) is 12.7. The lowest BCUT2D eigenvalue weighted by Crippen LogP contribution is -2.06. The molecular weight excluding hydrogens is 346 g/mol. The molecule has 6 heteroatoms. The first kappa shape index (κ1) is 18.5. The maximum atomic E-state index is 12.2. The molecule has 0 radical (unpaired) electrons. The summed E-state index contributed by atoms with van der Waals surface area (Å²) in [6.07, 6.45) is 1.65. The Balaban J connectivity index is 1.94. The van der Waals surface area contributed by atoms with Gasteiger partial charge in [0.1, 0.15) is 5.75 Å². The van der Waals surface area contributed by atoms with Crippen molar-refractivity contribution in [1.82, 2.24) is 0 Å². The molecule has 0 spiro atoms. The third-order valence-electron chi connectivity index (χ3n) is 3.84. The van der Waals surface area contributed by atoms with Crippen LogP contribution in [0, 0.1) is 0 Å². The Bertz CT molecular complexity index is 901. The first-order chi connectivity index (χ1) is 13.2. The predicted molar refractivity (Wildman–Crippen MR) is 102 cm³/mol. The molecule has 0 atom stereocenters. The summed E-state index contributed by atoms with van der Waals surface area (Å²) >= 11 is 0. The Morgan fingerprint density at radius 2 is 1.74 bits per heavy atom. The van der Waals surface area contributed by atoms with E-state index >= 15 is 0 Å². The number of hydrogen-bond acceptors (Lipinski definition) is 6. The van der Waals surface area contributed by atoms with Crippen molar-refractivity contribution in [2.45, 2.75) is 13.8 Å². The largest absolute Gasteiger partial charge is 0.496 e. The molecule has 0 fully saturated rings. The van der Waals surface area contributed by atoms with Gasteiger partial charge in [0.2, 0.25) is 5.90 Å². The van der Waals surface area contributed by atoms with Crippen LogP contribution in [-0.4, -0.2) is 32.2 Å². The number of benzene rings is 2. The van der Waals surface area contributed by atoms with Crippen molar-refractivity contribution in [3.8, 4) is 17.2 Å². The molecule has 6 nitrogen and oxygen atoms in total. The summed E-state index contributed by atoms with van der Waals surface area (Å²) in [5.74, 6) is 1.59. The van der Waals surface area contributed by atoms with Crippen LogP contribution in [-0.2, 0) is 9.53 Å². The van der Waals surface area contributed by atoms with Crippen molar-refractivity contribution in [3.63, 3.8) is 0 Å². The van der Waals surface area contributed by atoms with Gasteiger partial charge in [-0.15, -0.1) is 0 Å². The van der Waals surface area contributed by atoms with E-state index < -0.39 is 5.97 Å².